The average molecular weight is 263 g/mol. The number of aromatic carboxylic acids is 1. The second kappa shape index (κ2) is 6.02. The van der Waals surface area contributed by atoms with Crippen molar-refractivity contribution in [3.05, 3.63) is 23.4 Å². The quantitative estimate of drug-likeness (QED) is 0.875. The van der Waals surface area contributed by atoms with Crippen LogP contribution < -0.4 is 4.90 Å². The fraction of sp³-hybridized carbons (Fsp3) is 0.571. The van der Waals surface area contributed by atoms with Crippen LogP contribution in [-0.4, -0.2) is 54.2 Å². The highest BCUT2D eigenvalue weighted by Crippen LogP contribution is 2.17. The third-order valence-electron chi connectivity index (χ3n) is 3.61. The molecule has 0 saturated carbocycles. The first kappa shape index (κ1) is 13.8. The maximum Gasteiger partial charge on any atom is 0.337 e. The molecule has 5 heteroatoms. The molecule has 1 N–H and O–H groups in total. The number of carbonyl (C=O) groups is 1. The van der Waals surface area contributed by atoms with Gasteiger partial charge in [-0.25, -0.2) is 9.78 Å². The summed E-state index contributed by atoms with van der Waals surface area (Å²) in [6.45, 7) is 6.25. The fourth-order valence-electron chi connectivity index (χ4n) is 2.49. The molecule has 0 bridgehead atoms. The molecule has 5 nitrogen and oxygen atoms in total. The molecule has 1 aliphatic heterocycles. The molecule has 0 aromatic carbocycles. The predicted octanol–water partition coefficient (Wildman–Crippen LogP) is 1.62. The summed E-state index contributed by atoms with van der Waals surface area (Å²) in [6.07, 6.45) is 4.03. The van der Waals surface area contributed by atoms with E-state index in [9.17, 15) is 4.79 Å². The third kappa shape index (κ3) is 3.44. The molecule has 1 fully saturated rings. The molecule has 19 heavy (non-hydrogen) atoms. The standard InChI is InChI=1S/C14H21N3O2/c1-11-9-12(14(18)19)10-15-13(11)16(2)7-8-17-5-3-4-6-17/h9-10H,3-8H2,1-2H3,(H,18,19). The highest BCUT2D eigenvalue weighted by molar-refractivity contribution is 5.87. The van der Waals surface area contributed by atoms with Crippen LogP contribution in [0, 0.1) is 6.92 Å². The smallest absolute Gasteiger partial charge is 0.337 e. The highest BCUT2D eigenvalue weighted by atomic mass is 16.4. The van der Waals surface area contributed by atoms with Crippen molar-refractivity contribution in [3.63, 3.8) is 0 Å². The van der Waals surface area contributed by atoms with Crippen molar-refractivity contribution in [1.82, 2.24) is 9.88 Å². The van der Waals surface area contributed by atoms with Gasteiger partial charge in [0.05, 0.1) is 5.56 Å². The topological polar surface area (TPSA) is 56.7 Å². The van der Waals surface area contributed by atoms with Crippen LogP contribution in [0.1, 0.15) is 28.8 Å². The summed E-state index contributed by atoms with van der Waals surface area (Å²) in [5.74, 6) is -0.0638. The molecule has 0 atom stereocenters. The minimum atomic E-state index is -0.929. The maximum atomic E-state index is 10.9. The lowest BCUT2D eigenvalue weighted by Gasteiger charge is -2.23. The summed E-state index contributed by atoms with van der Waals surface area (Å²) in [5, 5.41) is 8.93. The van der Waals surface area contributed by atoms with Crippen LogP contribution in [0.2, 0.25) is 0 Å². The zero-order valence-corrected chi connectivity index (χ0v) is 11.6. The average Bonchev–Trinajstić information content (AvgIpc) is 2.88. The molecule has 1 saturated heterocycles. The second-order valence-electron chi connectivity index (χ2n) is 5.14. The van der Waals surface area contributed by atoms with Gasteiger partial charge in [-0.2, -0.15) is 0 Å². The van der Waals surface area contributed by atoms with Gasteiger partial charge in [0, 0.05) is 26.3 Å². The Morgan fingerprint density at radius 3 is 2.74 bits per heavy atom. The van der Waals surface area contributed by atoms with Crippen LogP contribution >= 0.6 is 0 Å². The van der Waals surface area contributed by atoms with Crippen molar-refractivity contribution in [2.24, 2.45) is 0 Å². The van der Waals surface area contributed by atoms with Crippen molar-refractivity contribution >= 4 is 11.8 Å². The van der Waals surface area contributed by atoms with E-state index in [1.165, 1.54) is 32.1 Å². The lowest BCUT2D eigenvalue weighted by Crippen LogP contribution is -2.32. The van der Waals surface area contributed by atoms with Gasteiger partial charge in [0.2, 0.25) is 0 Å². The Bertz CT molecular complexity index is 456. The van der Waals surface area contributed by atoms with Gasteiger partial charge < -0.3 is 14.9 Å². The molecule has 1 aromatic rings. The molecule has 2 heterocycles. The van der Waals surface area contributed by atoms with Crippen molar-refractivity contribution in [3.8, 4) is 0 Å². The number of nitrogens with zero attached hydrogens (tertiary/aromatic N) is 3. The molecule has 1 aromatic heterocycles. The van der Waals surface area contributed by atoms with Crippen molar-refractivity contribution in [2.45, 2.75) is 19.8 Å². The van der Waals surface area contributed by atoms with Gasteiger partial charge in [-0.3, -0.25) is 0 Å². The van der Waals surface area contributed by atoms with Crippen LogP contribution in [0.3, 0.4) is 0 Å². The van der Waals surface area contributed by atoms with E-state index < -0.39 is 5.97 Å². The van der Waals surface area contributed by atoms with E-state index in [-0.39, 0.29) is 5.56 Å². The van der Waals surface area contributed by atoms with Crippen molar-refractivity contribution in [1.29, 1.82) is 0 Å². The maximum absolute atomic E-state index is 10.9. The van der Waals surface area contributed by atoms with Crippen molar-refractivity contribution < 1.29 is 9.90 Å². The van der Waals surface area contributed by atoms with Crippen LogP contribution in [0.25, 0.3) is 0 Å². The highest BCUT2D eigenvalue weighted by Gasteiger charge is 2.14. The van der Waals surface area contributed by atoms with E-state index in [2.05, 4.69) is 14.8 Å². The third-order valence-corrected chi connectivity index (χ3v) is 3.61. The molecule has 0 spiro atoms. The summed E-state index contributed by atoms with van der Waals surface area (Å²) in [5.41, 5.74) is 1.15. The van der Waals surface area contributed by atoms with Crippen LogP contribution in [0.15, 0.2) is 12.3 Å². The van der Waals surface area contributed by atoms with Gasteiger partial charge in [-0.05, 0) is 44.5 Å². The number of anilines is 1. The summed E-state index contributed by atoms with van der Waals surface area (Å²) in [4.78, 5) is 19.7. The van der Waals surface area contributed by atoms with Crippen LogP contribution in [0.4, 0.5) is 5.82 Å². The van der Waals surface area contributed by atoms with Gasteiger partial charge in [0.15, 0.2) is 0 Å². The Balaban J connectivity index is 1.98. The number of aromatic nitrogens is 1. The summed E-state index contributed by atoms with van der Waals surface area (Å²) < 4.78 is 0. The number of hydrogen-bond donors (Lipinski definition) is 1. The summed E-state index contributed by atoms with van der Waals surface area (Å²) >= 11 is 0. The van der Waals surface area contributed by atoms with E-state index in [4.69, 9.17) is 5.11 Å². The number of aryl methyl sites for hydroxylation is 1. The summed E-state index contributed by atoms with van der Waals surface area (Å²) in [7, 11) is 2.01. The van der Waals surface area contributed by atoms with Gasteiger partial charge in [-0.15, -0.1) is 0 Å². The van der Waals surface area contributed by atoms with Gasteiger partial charge in [0.25, 0.3) is 0 Å². The number of rotatable bonds is 5. The zero-order valence-electron chi connectivity index (χ0n) is 11.6. The summed E-state index contributed by atoms with van der Waals surface area (Å²) in [6, 6.07) is 1.68. The lowest BCUT2D eigenvalue weighted by atomic mass is 10.2. The van der Waals surface area contributed by atoms with E-state index in [1.807, 2.05) is 14.0 Å². The number of likely N-dealkylation sites (N-methyl/N-ethyl adjacent to an activating group) is 1. The Morgan fingerprint density at radius 2 is 2.16 bits per heavy atom. The molecular formula is C14H21N3O2. The SMILES string of the molecule is Cc1cc(C(=O)O)cnc1N(C)CCN1CCCC1. The number of hydrogen-bond acceptors (Lipinski definition) is 4. The molecule has 0 amide bonds. The number of likely N-dealkylation sites (tertiary alicyclic amines) is 1. The van der Waals surface area contributed by atoms with Crippen molar-refractivity contribution in [2.75, 3.05) is 38.1 Å². The first-order valence-corrected chi connectivity index (χ1v) is 6.71. The molecule has 1 aliphatic rings. The largest absolute Gasteiger partial charge is 0.478 e. The van der Waals surface area contributed by atoms with E-state index in [1.54, 1.807) is 6.07 Å². The minimum absolute atomic E-state index is 0.245. The Hall–Kier alpha value is -1.62. The molecule has 104 valence electrons. The first-order chi connectivity index (χ1) is 9.08. The first-order valence-electron chi connectivity index (χ1n) is 6.71. The minimum Gasteiger partial charge on any atom is -0.478 e. The predicted molar refractivity (Wildman–Crippen MR) is 74.9 cm³/mol. The Kier molecular flexibility index (Phi) is 4.37. The molecule has 0 unspecified atom stereocenters. The second-order valence-corrected chi connectivity index (χ2v) is 5.14. The van der Waals surface area contributed by atoms with Gasteiger partial charge >= 0.3 is 5.97 Å². The molecular weight excluding hydrogens is 242 g/mol. The van der Waals surface area contributed by atoms with E-state index >= 15 is 0 Å². The van der Waals surface area contributed by atoms with Gasteiger partial charge in [0.1, 0.15) is 5.82 Å². The molecule has 2 rings (SSSR count). The zero-order chi connectivity index (χ0) is 13.8. The molecule has 0 radical (unpaired) electrons. The number of carboxylic acid groups (broad SMARTS) is 1. The van der Waals surface area contributed by atoms with Crippen LogP contribution in [0.5, 0.6) is 0 Å². The van der Waals surface area contributed by atoms with E-state index in [0.717, 1.165) is 24.5 Å². The normalized spacial score (nSPS) is 15.7. The number of pyridine rings is 1. The fourth-order valence-corrected chi connectivity index (χ4v) is 2.49. The number of carboxylic acids is 1. The van der Waals surface area contributed by atoms with Gasteiger partial charge in [-0.1, -0.05) is 0 Å². The lowest BCUT2D eigenvalue weighted by molar-refractivity contribution is 0.0696. The monoisotopic (exact) mass is 263 g/mol. The molecule has 0 aliphatic carbocycles. The Morgan fingerprint density at radius 1 is 1.47 bits per heavy atom. The van der Waals surface area contributed by atoms with E-state index in [0.29, 0.717) is 0 Å². The van der Waals surface area contributed by atoms with Crippen LogP contribution in [-0.2, 0) is 0 Å². The Labute approximate surface area is 113 Å².